The van der Waals surface area contributed by atoms with E-state index in [0.29, 0.717) is 19.3 Å². The third kappa shape index (κ3) is 59.6. The van der Waals surface area contributed by atoms with E-state index in [1.807, 2.05) is 0 Å². The zero-order chi connectivity index (χ0) is 52.9. The molecule has 0 bridgehead atoms. The molecule has 0 saturated carbocycles. The summed E-state index contributed by atoms with van der Waals surface area (Å²) in [5, 5.41) is 0. The summed E-state index contributed by atoms with van der Waals surface area (Å²) >= 11 is 0. The maximum Gasteiger partial charge on any atom is 0.306 e. The maximum absolute atomic E-state index is 12.8. The second-order valence-corrected chi connectivity index (χ2v) is 20.9. The number of ether oxygens (including phenoxy) is 3. The fourth-order valence-electron chi connectivity index (χ4n) is 9.00. The van der Waals surface area contributed by atoms with E-state index in [1.165, 1.54) is 180 Å². The number of esters is 3. The first-order chi connectivity index (χ1) is 36.0. The molecule has 1 unspecified atom stereocenters. The van der Waals surface area contributed by atoms with Crippen molar-refractivity contribution in [3.8, 4) is 0 Å². The smallest absolute Gasteiger partial charge is 0.306 e. The molecule has 6 heteroatoms. The minimum absolute atomic E-state index is 0.0736. The van der Waals surface area contributed by atoms with E-state index in [2.05, 4.69) is 93.7 Å². The second-order valence-electron chi connectivity index (χ2n) is 20.9. The van der Waals surface area contributed by atoms with E-state index in [1.54, 1.807) is 0 Å². The van der Waals surface area contributed by atoms with Gasteiger partial charge in [-0.3, -0.25) is 14.4 Å². The van der Waals surface area contributed by atoms with Gasteiger partial charge in [-0.05, 0) is 89.9 Å². The Balaban J connectivity index is 3.97. The predicted octanol–water partition coefficient (Wildman–Crippen LogP) is 21.3. The molecule has 0 fully saturated rings. The van der Waals surface area contributed by atoms with Crippen LogP contribution in [0, 0.1) is 0 Å². The van der Waals surface area contributed by atoms with E-state index in [4.69, 9.17) is 14.2 Å². The van der Waals surface area contributed by atoms with Gasteiger partial charge in [-0.1, -0.05) is 280 Å². The minimum Gasteiger partial charge on any atom is -0.462 e. The van der Waals surface area contributed by atoms with Crippen molar-refractivity contribution < 1.29 is 28.6 Å². The summed E-state index contributed by atoms with van der Waals surface area (Å²) in [5.41, 5.74) is 0. The van der Waals surface area contributed by atoms with Crippen molar-refractivity contribution >= 4 is 17.9 Å². The number of unbranched alkanes of at least 4 members (excludes halogenated alkanes) is 34. The third-order valence-electron chi connectivity index (χ3n) is 13.7. The van der Waals surface area contributed by atoms with Crippen molar-refractivity contribution in [1.29, 1.82) is 0 Å². The van der Waals surface area contributed by atoms with Crippen molar-refractivity contribution in [2.75, 3.05) is 13.2 Å². The monoisotopic (exact) mass is 1020 g/mol. The lowest BCUT2D eigenvalue weighted by atomic mass is 10.0. The lowest BCUT2D eigenvalue weighted by molar-refractivity contribution is -0.167. The Morgan fingerprint density at radius 1 is 0.288 bits per heavy atom. The van der Waals surface area contributed by atoms with Crippen LogP contribution in [-0.4, -0.2) is 37.2 Å². The maximum atomic E-state index is 12.8. The van der Waals surface area contributed by atoms with Gasteiger partial charge in [0.05, 0.1) is 0 Å². The summed E-state index contributed by atoms with van der Waals surface area (Å²) in [7, 11) is 0. The van der Waals surface area contributed by atoms with Gasteiger partial charge in [-0.25, -0.2) is 0 Å². The highest BCUT2D eigenvalue weighted by atomic mass is 16.6. The molecule has 0 rings (SSSR count). The molecule has 0 aliphatic heterocycles. The molecule has 0 aromatic rings. The molecule has 73 heavy (non-hydrogen) atoms. The molecule has 0 amide bonds. The van der Waals surface area contributed by atoms with Gasteiger partial charge in [0.15, 0.2) is 6.10 Å². The van der Waals surface area contributed by atoms with Crippen LogP contribution in [0.25, 0.3) is 0 Å². The van der Waals surface area contributed by atoms with Crippen molar-refractivity contribution in [1.82, 2.24) is 0 Å². The Bertz CT molecular complexity index is 1360. The summed E-state index contributed by atoms with van der Waals surface area (Å²) in [5.74, 6) is -0.879. The summed E-state index contributed by atoms with van der Waals surface area (Å²) in [6.07, 6.45) is 79.6. The summed E-state index contributed by atoms with van der Waals surface area (Å²) < 4.78 is 16.8. The molecular formula is C67H118O6. The van der Waals surface area contributed by atoms with Gasteiger partial charge in [-0.15, -0.1) is 0 Å². The first-order valence-corrected chi connectivity index (χ1v) is 31.4. The highest BCUT2D eigenvalue weighted by molar-refractivity contribution is 5.71. The number of hydrogen-bond acceptors (Lipinski definition) is 6. The van der Waals surface area contributed by atoms with Gasteiger partial charge in [0.1, 0.15) is 13.2 Å². The average molecular weight is 1020 g/mol. The normalized spacial score (nSPS) is 12.5. The molecule has 0 aliphatic carbocycles. The van der Waals surface area contributed by atoms with E-state index < -0.39 is 6.10 Å². The highest BCUT2D eigenvalue weighted by Crippen LogP contribution is 2.17. The average Bonchev–Trinajstić information content (AvgIpc) is 3.39. The Hall–Kier alpha value is -3.15. The summed E-state index contributed by atoms with van der Waals surface area (Å²) in [4.78, 5) is 37.9. The zero-order valence-electron chi connectivity index (χ0n) is 48.4. The predicted molar refractivity (Wildman–Crippen MR) is 316 cm³/mol. The largest absolute Gasteiger partial charge is 0.462 e. The number of allylic oxidation sites excluding steroid dienone is 12. The topological polar surface area (TPSA) is 78.9 Å². The Morgan fingerprint density at radius 2 is 0.534 bits per heavy atom. The van der Waals surface area contributed by atoms with E-state index >= 15 is 0 Å². The van der Waals surface area contributed by atoms with Gasteiger partial charge in [0, 0.05) is 19.3 Å². The lowest BCUT2D eigenvalue weighted by Crippen LogP contribution is -2.30. The van der Waals surface area contributed by atoms with Crippen LogP contribution in [-0.2, 0) is 28.6 Å². The van der Waals surface area contributed by atoms with E-state index in [9.17, 15) is 14.4 Å². The molecule has 422 valence electrons. The Labute approximate surface area is 453 Å². The van der Waals surface area contributed by atoms with Crippen LogP contribution in [0.1, 0.15) is 316 Å². The first-order valence-electron chi connectivity index (χ1n) is 31.4. The van der Waals surface area contributed by atoms with Crippen molar-refractivity contribution in [3.05, 3.63) is 72.9 Å². The minimum atomic E-state index is -0.772. The molecule has 0 spiro atoms. The highest BCUT2D eigenvalue weighted by Gasteiger charge is 2.19. The zero-order valence-corrected chi connectivity index (χ0v) is 48.4. The second kappa shape index (κ2) is 61.4. The molecule has 0 saturated heterocycles. The summed E-state index contributed by atoms with van der Waals surface area (Å²) in [6, 6.07) is 0. The molecule has 0 N–H and O–H groups in total. The molecular weight excluding hydrogens is 901 g/mol. The molecule has 0 heterocycles. The number of rotatable bonds is 57. The van der Waals surface area contributed by atoms with E-state index in [0.717, 1.165) is 96.3 Å². The van der Waals surface area contributed by atoms with Crippen molar-refractivity contribution in [3.63, 3.8) is 0 Å². The van der Waals surface area contributed by atoms with Gasteiger partial charge < -0.3 is 14.2 Å². The van der Waals surface area contributed by atoms with Crippen LogP contribution in [0.2, 0.25) is 0 Å². The molecule has 0 aliphatic rings. The number of carbonyl (C=O) groups is 3. The van der Waals surface area contributed by atoms with Crippen LogP contribution in [0.5, 0.6) is 0 Å². The fourth-order valence-corrected chi connectivity index (χ4v) is 9.00. The quantitative estimate of drug-likeness (QED) is 0.0261. The lowest BCUT2D eigenvalue weighted by Gasteiger charge is -2.18. The van der Waals surface area contributed by atoms with E-state index in [-0.39, 0.29) is 31.1 Å². The van der Waals surface area contributed by atoms with Gasteiger partial charge in [0.25, 0.3) is 0 Å². The van der Waals surface area contributed by atoms with Gasteiger partial charge in [0.2, 0.25) is 0 Å². The Morgan fingerprint density at radius 3 is 0.863 bits per heavy atom. The standard InChI is InChI=1S/C67H118O6/c1-4-7-10-13-15-17-19-21-23-25-27-28-29-30-31-32-33-34-35-36-37-38-40-41-43-45-47-49-51-54-57-60-66(69)72-63-64(62-71-65(68)59-56-53-12-9-6-3)73-67(70)61-58-55-52-50-48-46-44-42-39-26-24-22-20-18-16-14-11-8-5-2/h7,10,15-18,21-24,27-28,64H,4-6,8-9,11-14,19-20,25-26,29-63H2,1-3H3/b10-7-,17-15-,18-16-,23-21-,24-22-,28-27-. The Kier molecular flexibility index (Phi) is 58.7. The molecule has 0 aromatic carbocycles. The molecule has 1 atom stereocenters. The van der Waals surface area contributed by atoms with Gasteiger partial charge >= 0.3 is 17.9 Å². The van der Waals surface area contributed by atoms with Crippen LogP contribution in [0.3, 0.4) is 0 Å². The molecule has 6 nitrogen and oxygen atoms in total. The first kappa shape index (κ1) is 69.8. The third-order valence-corrected chi connectivity index (χ3v) is 13.7. The van der Waals surface area contributed by atoms with Crippen LogP contribution in [0.15, 0.2) is 72.9 Å². The molecule has 0 radical (unpaired) electrons. The molecule has 0 aromatic heterocycles. The van der Waals surface area contributed by atoms with Crippen LogP contribution < -0.4 is 0 Å². The van der Waals surface area contributed by atoms with Crippen LogP contribution >= 0.6 is 0 Å². The van der Waals surface area contributed by atoms with Crippen molar-refractivity contribution in [2.45, 2.75) is 322 Å². The number of carbonyl (C=O) groups excluding carboxylic acids is 3. The van der Waals surface area contributed by atoms with Crippen molar-refractivity contribution in [2.24, 2.45) is 0 Å². The SMILES string of the molecule is CC/C=C\C/C=C\C/C=C\C/C=C\CCCCCCCCCCCCCCCCCCCCC(=O)OCC(COC(=O)CCCCCCC)OC(=O)CCCCCCCCCCC/C=C\C/C=C\CCCCC. The summed E-state index contributed by atoms with van der Waals surface area (Å²) in [6.45, 7) is 6.45. The van der Waals surface area contributed by atoms with Gasteiger partial charge in [-0.2, -0.15) is 0 Å². The van der Waals surface area contributed by atoms with Crippen LogP contribution in [0.4, 0.5) is 0 Å². The fraction of sp³-hybridized carbons (Fsp3) is 0.776. The number of hydrogen-bond donors (Lipinski definition) is 0.